The van der Waals surface area contributed by atoms with Gasteiger partial charge in [0.25, 0.3) is 0 Å². The van der Waals surface area contributed by atoms with Gasteiger partial charge in [-0.2, -0.15) is 0 Å². The summed E-state index contributed by atoms with van der Waals surface area (Å²) in [4.78, 5) is 17.1. The van der Waals surface area contributed by atoms with Crippen molar-refractivity contribution in [3.63, 3.8) is 0 Å². The van der Waals surface area contributed by atoms with Gasteiger partial charge in [0.15, 0.2) is 0 Å². The molecule has 3 nitrogen and oxygen atoms in total. The van der Waals surface area contributed by atoms with Gasteiger partial charge >= 0.3 is 5.69 Å². The molecule has 0 aliphatic heterocycles. The smallest absolute Gasteiger partial charge is 0.306 e. The third-order valence-electron chi connectivity index (χ3n) is 3.80. The van der Waals surface area contributed by atoms with Crippen molar-refractivity contribution in [3.05, 3.63) is 34.2 Å². The molecule has 2 atom stereocenters. The third kappa shape index (κ3) is 1.84. The number of hydrogen-bond acceptors (Lipinski definition) is 1. The molecule has 0 bridgehead atoms. The van der Waals surface area contributed by atoms with Crippen LogP contribution in [-0.2, 0) is 0 Å². The molecule has 1 aromatic heterocycles. The van der Waals surface area contributed by atoms with E-state index in [4.69, 9.17) is 0 Å². The van der Waals surface area contributed by atoms with E-state index in [0.29, 0.717) is 16.2 Å². The predicted octanol–water partition coefficient (Wildman–Crippen LogP) is 3.34. The molecule has 0 spiro atoms. The average Bonchev–Trinajstić information content (AvgIpc) is 2.73. The molecule has 1 heterocycles. The van der Waals surface area contributed by atoms with Gasteiger partial charge in [0, 0.05) is 4.83 Å². The first-order valence-electron chi connectivity index (χ1n) is 5.83. The molecule has 0 radical (unpaired) electrons. The van der Waals surface area contributed by atoms with Gasteiger partial charge in [0.05, 0.1) is 11.0 Å². The zero-order valence-corrected chi connectivity index (χ0v) is 11.5. The van der Waals surface area contributed by atoms with Crippen molar-refractivity contribution in [1.29, 1.82) is 0 Å². The summed E-state index contributed by atoms with van der Waals surface area (Å²) in [6, 6.07) is 6.10. The van der Waals surface area contributed by atoms with Gasteiger partial charge in [-0.1, -0.05) is 35.8 Å². The Kier molecular flexibility index (Phi) is 2.27. The Morgan fingerprint density at radius 1 is 1.35 bits per heavy atom. The fraction of sp³-hybridized carbons (Fsp3) is 0.462. The minimum absolute atomic E-state index is 0.143. The number of alkyl halides is 1. The highest BCUT2D eigenvalue weighted by molar-refractivity contribution is 9.09. The molecule has 2 N–H and O–H groups in total. The first-order chi connectivity index (χ1) is 7.97. The molecule has 17 heavy (non-hydrogen) atoms. The quantitative estimate of drug-likeness (QED) is 0.820. The molecule has 1 aliphatic rings. The lowest BCUT2D eigenvalue weighted by molar-refractivity contribution is 0.555. The zero-order valence-electron chi connectivity index (χ0n) is 9.88. The molecule has 1 aromatic carbocycles. The molecule has 2 unspecified atom stereocenters. The maximum absolute atomic E-state index is 11.2. The summed E-state index contributed by atoms with van der Waals surface area (Å²) in [5, 5.41) is 0. The monoisotopic (exact) mass is 294 g/mol. The minimum Gasteiger partial charge on any atom is -0.306 e. The lowest BCUT2D eigenvalue weighted by atomic mass is 10.0. The molecule has 1 aliphatic carbocycles. The molecule has 1 fully saturated rings. The molecular weight excluding hydrogens is 280 g/mol. The largest absolute Gasteiger partial charge is 0.323 e. The van der Waals surface area contributed by atoms with Gasteiger partial charge < -0.3 is 9.97 Å². The number of aromatic amines is 2. The van der Waals surface area contributed by atoms with Gasteiger partial charge in [-0.3, -0.25) is 0 Å². The Balaban J connectivity index is 1.98. The number of imidazole rings is 1. The molecule has 4 heteroatoms. The van der Waals surface area contributed by atoms with Crippen LogP contribution in [0.5, 0.6) is 0 Å². The van der Waals surface area contributed by atoms with Crippen LogP contribution in [0.3, 0.4) is 0 Å². The number of halogens is 1. The van der Waals surface area contributed by atoms with Crippen molar-refractivity contribution in [1.82, 2.24) is 9.97 Å². The van der Waals surface area contributed by atoms with E-state index in [-0.39, 0.29) is 5.69 Å². The lowest BCUT2D eigenvalue weighted by Gasteiger charge is -2.12. The maximum Gasteiger partial charge on any atom is 0.323 e. The van der Waals surface area contributed by atoms with Gasteiger partial charge in [-0.25, -0.2) is 4.79 Å². The number of nitrogens with one attached hydrogen (secondary N) is 2. The fourth-order valence-electron chi connectivity index (χ4n) is 2.46. The van der Waals surface area contributed by atoms with Crippen LogP contribution < -0.4 is 5.69 Å². The topological polar surface area (TPSA) is 48.6 Å². The molecule has 1 saturated carbocycles. The Labute approximate surface area is 108 Å². The number of benzene rings is 1. The van der Waals surface area contributed by atoms with Crippen LogP contribution >= 0.6 is 15.9 Å². The Morgan fingerprint density at radius 3 is 2.65 bits per heavy atom. The van der Waals surface area contributed by atoms with E-state index >= 15 is 0 Å². The van der Waals surface area contributed by atoms with Gasteiger partial charge in [-0.05, 0) is 35.4 Å². The number of aromatic nitrogens is 2. The second-order valence-electron chi connectivity index (χ2n) is 5.59. The fourth-order valence-corrected chi connectivity index (χ4v) is 3.65. The van der Waals surface area contributed by atoms with Crippen LogP contribution in [-0.4, -0.2) is 9.97 Å². The van der Waals surface area contributed by atoms with E-state index in [1.807, 2.05) is 6.07 Å². The summed E-state index contributed by atoms with van der Waals surface area (Å²) in [5.74, 6) is 0.686. The standard InChI is InChI=1S/C13H15BrN2O/c1-13(2)6-8(13)11(14)7-3-4-9-10(5-7)16-12(17)15-9/h3-5,8,11H,6H2,1-2H3,(H2,15,16,17). The second kappa shape index (κ2) is 3.48. The number of rotatable bonds is 2. The van der Waals surface area contributed by atoms with Crippen LogP contribution in [0.1, 0.15) is 30.7 Å². The summed E-state index contributed by atoms with van der Waals surface area (Å²) in [5.41, 5.74) is 3.29. The van der Waals surface area contributed by atoms with Crippen LogP contribution in [0.2, 0.25) is 0 Å². The van der Waals surface area contributed by atoms with Crippen molar-refractivity contribution < 1.29 is 0 Å². The summed E-state index contributed by atoms with van der Waals surface area (Å²) < 4.78 is 0. The van der Waals surface area contributed by atoms with Crippen molar-refractivity contribution in [2.45, 2.75) is 25.1 Å². The number of H-pyrrole nitrogens is 2. The molecule has 90 valence electrons. The SMILES string of the molecule is CC1(C)CC1C(Br)c1ccc2[nH]c(=O)[nH]c2c1. The van der Waals surface area contributed by atoms with Crippen LogP contribution in [0.4, 0.5) is 0 Å². The summed E-state index contributed by atoms with van der Waals surface area (Å²) in [6.45, 7) is 4.59. The van der Waals surface area contributed by atoms with Crippen LogP contribution in [0.25, 0.3) is 11.0 Å². The Morgan fingerprint density at radius 2 is 2.00 bits per heavy atom. The number of fused-ring (bicyclic) bond motifs is 1. The van der Waals surface area contributed by atoms with Crippen LogP contribution in [0.15, 0.2) is 23.0 Å². The molecule has 3 rings (SSSR count). The first-order valence-corrected chi connectivity index (χ1v) is 6.75. The first kappa shape index (κ1) is 11.1. The van der Waals surface area contributed by atoms with Crippen molar-refractivity contribution in [3.8, 4) is 0 Å². The van der Waals surface area contributed by atoms with E-state index in [0.717, 1.165) is 11.0 Å². The highest BCUT2D eigenvalue weighted by Gasteiger charge is 2.49. The zero-order chi connectivity index (χ0) is 12.2. The Bertz CT molecular complexity index is 626. The summed E-state index contributed by atoms with van der Waals surface area (Å²) in [7, 11) is 0. The highest BCUT2D eigenvalue weighted by Crippen LogP contribution is 2.60. The van der Waals surface area contributed by atoms with E-state index < -0.39 is 0 Å². The maximum atomic E-state index is 11.2. The molecule has 0 amide bonds. The van der Waals surface area contributed by atoms with Crippen LogP contribution in [0, 0.1) is 11.3 Å². The minimum atomic E-state index is -0.143. The average molecular weight is 295 g/mol. The Hall–Kier alpha value is -1.03. The summed E-state index contributed by atoms with van der Waals surface area (Å²) in [6.07, 6.45) is 1.25. The molecule has 0 saturated heterocycles. The van der Waals surface area contributed by atoms with E-state index in [1.54, 1.807) is 0 Å². The lowest BCUT2D eigenvalue weighted by Crippen LogP contribution is -1.99. The number of hydrogen-bond donors (Lipinski definition) is 2. The molecular formula is C13H15BrN2O. The predicted molar refractivity (Wildman–Crippen MR) is 72.5 cm³/mol. The third-order valence-corrected chi connectivity index (χ3v) is 4.97. The van der Waals surface area contributed by atoms with Gasteiger partial charge in [0.1, 0.15) is 0 Å². The summed E-state index contributed by atoms with van der Waals surface area (Å²) >= 11 is 3.78. The van der Waals surface area contributed by atoms with E-state index in [1.165, 1.54) is 12.0 Å². The highest BCUT2D eigenvalue weighted by atomic mass is 79.9. The van der Waals surface area contributed by atoms with E-state index in [9.17, 15) is 4.79 Å². The van der Waals surface area contributed by atoms with E-state index in [2.05, 4.69) is 51.9 Å². The van der Waals surface area contributed by atoms with Gasteiger partial charge in [-0.15, -0.1) is 0 Å². The molecule has 2 aromatic rings. The van der Waals surface area contributed by atoms with Crippen molar-refractivity contribution in [2.75, 3.05) is 0 Å². The van der Waals surface area contributed by atoms with Gasteiger partial charge in [0.2, 0.25) is 0 Å². The van der Waals surface area contributed by atoms with Crippen molar-refractivity contribution in [2.24, 2.45) is 11.3 Å². The normalized spacial score (nSPS) is 23.8. The van der Waals surface area contributed by atoms with Crippen molar-refractivity contribution >= 4 is 27.0 Å². The second-order valence-corrected chi connectivity index (χ2v) is 6.57.